The number of carbonyl (C=O) groups excluding carboxylic acids is 1. The van der Waals surface area contributed by atoms with Gasteiger partial charge in [-0.3, -0.25) is 4.79 Å². The molecular formula is C15H19BrFNO2. The van der Waals surface area contributed by atoms with Crippen molar-refractivity contribution in [3.63, 3.8) is 0 Å². The van der Waals surface area contributed by atoms with Gasteiger partial charge in [-0.25, -0.2) is 4.39 Å². The van der Waals surface area contributed by atoms with Crippen molar-refractivity contribution < 1.29 is 14.3 Å². The first kappa shape index (κ1) is 15.4. The second-order valence-electron chi connectivity index (χ2n) is 5.50. The number of carbonyl (C=O) groups is 1. The zero-order valence-electron chi connectivity index (χ0n) is 11.3. The molecule has 2 rings (SSSR count). The van der Waals surface area contributed by atoms with Crippen LogP contribution in [-0.4, -0.2) is 24.2 Å². The van der Waals surface area contributed by atoms with Gasteiger partial charge in [0, 0.05) is 16.4 Å². The van der Waals surface area contributed by atoms with Crippen molar-refractivity contribution in [1.82, 2.24) is 5.32 Å². The van der Waals surface area contributed by atoms with E-state index in [4.69, 9.17) is 0 Å². The molecule has 1 amide bonds. The summed E-state index contributed by atoms with van der Waals surface area (Å²) < 4.78 is 14.1. The van der Waals surface area contributed by atoms with Crippen molar-refractivity contribution in [1.29, 1.82) is 0 Å². The van der Waals surface area contributed by atoms with Crippen LogP contribution in [-0.2, 0) is 0 Å². The summed E-state index contributed by atoms with van der Waals surface area (Å²) in [7, 11) is 0. The number of nitrogens with one attached hydrogen (secondary N) is 1. The molecule has 3 nitrogen and oxygen atoms in total. The molecule has 1 aromatic rings. The lowest BCUT2D eigenvalue weighted by Crippen LogP contribution is -2.41. The highest BCUT2D eigenvalue weighted by Gasteiger charge is 2.32. The molecule has 0 spiro atoms. The van der Waals surface area contributed by atoms with Gasteiger partial charge >= 0.3 is 0 Å². The monoisotopic (exact) mass is 343 g/mol. The molecule has 1 saturated carbocycles. The molecule has 0 aromatic heterocycles. The Bertz CT molecular complexity index is 467. The molecule has 1 aliphatic carbocycles. The molecule has 0 radical (unpaired) electrons. The Morgan fingerprint density at radius 3 is 2.65 bits per heavy atom. The highest BCUT2D eigenvalue weighted by Crippen LogP contribution is 2.35. The lowest BCUT2D eigenvalue weighted by atomic mass is 9.74. The average molecular weight is 344 g/mol. The van der Waals surface area contributed by atoms with Gasteiger partial charge < -0.3 is 10.4 Å². The van der Waals surface area contributed by atoms with E-state index in [0.717, 1.165) is 25.7 Å². The van der Waals surface area contributed by atoms with Gasteiger partial charge in [-0.15, -0.1) is 0 Å². The van der Waals surface area contributed by atoms with Gasteiger partial charge in [-0.1, -0.05) is 25.3 Å². The fraction of sp³-hybridized carbons (Fsp3) is 0.533. The highest BCUT2D eigenvalue weighted by molar-refractivity contribution is 9.10. The second-order valence-corrected chi connectivity index (χ2v) is 6.35. The third-order valence-corrected chi connectivity index (χ3v) is 4.72. The Morgan fingerprint density at radius 1 is 1.35 bits per heavy atom. The predicted octanol–water partition coefficient (Wildman–Crippen LogP) is 3.26. The molecule has 0 unspecified atom stereocenters. The topological polar surface area (TPSA) is 49.3 Å². The Balaban J connectivity index is 2.04. The van der Waals surface area contributed by atoms with E-state index in [-0.39, 0.29) is 17.6 Å². The van der Waals surface area contributed by atoms with Crippen molar-refractivity contribution in [3.8, 4) is 0 Å². The molecule has 0 saturated heterocycles. The van der Waals surface area contributed by atoms with Crippen LogP contribution in [0.3, 0.4) is 0 Å². The number of amides is 1. The van der Waals surface area contributed by atoms with Crippen molar-refractivity contribution in [2.24, 2.45) is 5.41 Å². The number of aliphatic hydroxyl groups is 1. The van der Waals surface area contributed by atoms with Crippen LogP contribution in [0, 0.1) is 11.2 Å². The highest BCUT2D eigenvalue weighted by atomic mass is 79.9. The maximum Gasteiger partial charge on any atom is 0.255 e. The van der Waals surface area contributed by atoms with E-state index < -0.39 is 11.7 Å². The maximum atomic E-state index is 13.7. The fourth-order valence-corrected chi connectivity index (χ4v) is 3.29. The summed E-state index contributed by atoms with van der Waals surface area (Å²) in [6.07, 6.45) is 5.12. The summed E-state index contributed by atoms with van der Waals surface area (Å²) in [5.41, 5.74) is -0.220. The second kappa shape index (κ2) is 6.68. The minimum absolute atomic E-state index is 0.0244. The zero-order valence-corrected chi connectivity index (χ0v) is 12.9. The van der Waals surface area contributed by atoms with Crippen molar-refractivity contribution in [3.05, 3.63) is 34.1 Å². The third kappa shape index (κ3) is 3.38. The van der Waals surface area contributed by atoms with Gasteiger partial charge in [0.15, 0.2) is 0 Å². The van der Waals surface area contributed by atoms with Crippen molar-refractivity contribution in [2.75, 3.05) is 13.2 Å². The van der Waals surface area contributed by atoms with E-state index in [1.807, 2.05) is 0 Å². The van der Waals surface area contributed by atoms with E-state index in [1.165, 1.54) is 12.5 Å². The molecule has 1 fully saturated rings. The first-order valence-corrected chi connectivity index (χ1v) is 7.70. The Hall–Kier alpha value is -0.940. The number of halogens is 2. The standard InChI is InChI=1S/C15H19BrFNO2/c16-11-5-4-6-12(17)13(11)14(20)18-9-15(10-19)7-2-1-3-8-15/h4-6,19H,1-3,7-10H2,(H,18,20). The predicted molar refractivity (Wildman–Crippen MR) is 79.0 cm³/mol. The minimum Gasteiger partial charge on any atom is -0.396 e. The molecule has 5 heteroatoms. The molecule has 0 bridgehead atoms. The number of benzene rings is 1. The third-order valence-electron chi connectivity index (χ3n) is 4.06. The SMILES string of the molecule is O=C(NCC1(CO)CCCCC1)c1c(F)cccc1Br. The van der Waals surface area contributed by atoms with Crippen molar-refractivity contribution >= 4 is 21.8 Å². The summed E-state index contributed by atoms with van der Waals surface area (Å²) in [5, 5.41) is 12.4. The van der Waals surface area contributed by atoms with Gasteiger partial charge in [0.25, 0.3) is 5.91 Å². The van der Waals surface area contributed by atoms with Gasteiger partial charge in [0.2, 0.25) is 0 Å². The molecular weight excluding hydrogens is 325 g/mol. The first-order valence-electron chi connectivity index (χ1n) is 6.91. The number of hydrogen-bond donors (Lipinski definition) is 2. The van der Waals surface area contributed by atoms with E-state index >= 15 is 0 Å². The normalized spacial score (nSPS) is 17.8. The van der Waals surface area contributed by atoms with Crippen LogP contribution in [0.2, 0.25) is 0 Å². The van der Waals surface area contributed by atoms with Crippen LogP contribution in [0.15, 0.2) is 22.7 Å². The molecule has 20 heavy (non-hydrogen) atoms. The fourth-order valence-electron chi connectivity index (χ4n) is 2.76. The lowest BCUT2D eigenvalue weighted by molar-refractivity contribution is 0.0715. The van der Waals surface area contributed by atoms with Gasteiger partial charge in [-0.05, 0) is 40.9 Å². The van der Waals surface area contributed by atoms with Crippen LogP contribution < -0.4 is 5.32 Å². The quantitative estimate of drug-likeness (QED) is 0.881. The van der Waals surface area contributed by atoms with Crippen LogP contribution in [0.4, 0.5) is 4.39 Å². The maximum absolute atomic E-state index is 13.7. The molecule has 0 heterocycles. The zero-order chi connectivity index (χ0) is 14.6. The smallest absolute Gasteiger partial charge is 0.255 e. The number of hydrogen-bond acceptors (Lipinski definition) is 2. The molecule has 110 valence electrons. The summed E-state index contributed by atoms with van der Waals surface area (Å²) in [6.45, 7) is 0.453. The lowest BCUT2D eigenvalue weighted by Gasteiger charge is -2.35. The summed E-state index contributed by atoms with van der Waals surface area (Å²) in [6, 6.07) is 4.45. The molecule has 2 N–H and O–H groups in total. The molecule has 0 atom stereocenters. The Morgan fingerprint density at radius 2 is 2.05 bits per heavy atom. The van der Waals surface area contributed by atoms with E-state index in [0.29, 0.717) is 11.0 Å². The van der Waals surface area contributed by atoms with Gasteiger partial charge in [0.1, 0.15) is 5.82 Å². The molecule has 1 aliphatic rings. The van der Waals surface area contributed by atoms with Gasteiger partial charge in [-0.2, -0.15) is 0 Å². The first-order chi connectivity index (χ1) is 9.58. The molecule has 1 aromatic carbocycles. The number of aliphatic hydroxyl groups excluding tert-OH is 1. The minimum atomic E-state index is -0.543. The van der Waals surface area contributed by atoms with E-state index in [1.54, 1.807) is 12.1 Å². The van der Waals surface area contributed by atoms with E-state index in [9.17, 15) is 14.3 Å². The largest absolute Gasteiger partial charge is 0.396 e. The van der Waals surface area contributed by atoms with Crippen LogP contribution in [0.5, 0.6) is 0 Å². The molecule has 0 aliphatic heterocycles. The van der Waals surface area contributed by atoms with Crippen LogP contribution in [0.1, 0.15) is 42.5 Å². The summed E-state index contributed by atoms with van der Waals surface area (Å²) in [5.74, 6) is -0.980. The van der Waals surface area contributed by atoms with E-state index in [2.05, 4.69) is 21.2 Å². The summed E-state index contributed by atoms with van der Waals surface area (Å²) >= 11 is 3.19. The van der Waals surface area contributed by atoms with Crippen molar-refractivity contribution in [2.45, 2.75) is 32.1 Å². The average Bonchev–Trinajstić information content (AvgIpc) is 2.46. The Labute approximate surface area is 126 Å². The number of rotatable bonds is 4. The van der Waals surface area contributed by atoms with Crippen LogP contribution >= 0.6 is 15.9 Å². The summed E-state index contributed by atoms with van der Waals surface area (Å²) in [4.78, 5) is 12.1. The van der Waals surface area contributed by atoms with Crippen LogP contribution in [0.25, 0.3) is 0 Å². The van der Waals surface area contributed by atoms with Gasteiger partial charge in [0.05, 0.1) is 12.2 Å². The Kier molecular flexibility index (Phi) is 5.16.